The lowest BCUT2D eigenvalue weighted by Crippen LogP contribution is -2.38. The molecule has 0 saturated heterocycles. The lowest BCUT2D eigenvalue weighted by Gasteiger charge is -2.31. The van der Waals surface area contributed by atoms with E-state index in [1.807, 2.05) is 30.3 Å². The summed E-state index contributed by atoms with van der Waals surface area (Å²) in [5.41, 5.74) is 1.05. The summed E-state index contributed by atoms with van der Waals surface area (Å²) in [4.78, 5) is 11.5. The van der Waals surface area contributed by atoms with Crippen molar-refractivity contribution >= 4 is 17.6 Å². The van der Waals surface area contributed by atoms with Crippen LogP contribution in [-0.4, -0.2) is 47.4 Å². The Morgan fingerprint density at radius 1 is 1.04 bits per heavy atom. The van der Waals surface area contributed by atoms with Gasteiger partial charge in [0.2, 0.25) is 5.95 Å². The van der Waals surface area contributed by atoms with E-state index in [9.17, 15) is 0 Å². The van der Waals surface area contributed by atoms with Gasteiger partial charge in [0.1, 0.15) is 17.4 Å². The first-order valence-electron chi connectivity index (χ1n) is 9.34. The molecule has 7 heteroatoms. The summed E-state index contributed by atoms with van der Waals surface area (Å²) in [7, 11) is 1.67. The second kappa shape index (κ2) is 9.97. The van der Waals surface area contributed by atoms with Crippen molar-refractivity contribution in [1.82, 2.24) is 9.97 Å². The summed E-state index contributed by atoms with van der Waals surface area (Å²) in [5, 5.41) is 15.6. The normalized spacial score (nSPS) is 11.0. The minimum atomic E-state index is 0.0430. The molecule has 0 amide bonds. The predicted octanol–water partition coefficient (Wildman–Crippen LogP) is 3.12. The fourth-order valence-electron chi connectivity index (χ4n) is 3.01. The Balaban J connectivity index is 2.29. The van der Waals surface area contributed by atoms with Crippen molar-refractivity contribution in [2.75, 3.05) is 35.8 Å². The third kappa shape index (κ3) is 5.72. The van der Waals surface area contributed by atoms with Crippen LogP contribution in [0.15, 0.2) is 30.3 Å². The van der Waals surface area contributed by atoms with E-state index < -0.39 is 0 Å². The number of benzene rings is 1. The number of rotatable bonds is 10. The van der Waals surface area contributed by atoms with Crippen molar-refractivity contribution in [3.63, 3.8) is 0 Å². The number of hydrogen-bond acceptors (Lipinski definition) is 7. The lowest BCUT2D eigenvalue weighted by atomic mass is 10.2. The average molecular weight is 374 g/mol. The highest BCUT2D eigenvalue weighted by Crippen LogP contribution is 2.23. The average Bonchev–Trinajstić information content (AvgIpc) is 2.64. The molecule has 7 nitrogen and oxygen atoms in total. The number of methoxy groups -OCH3 is 1. The number of aromatic nitrogens is 2. The molecular formula is C20H31N5O2. The Morgan fingerprint density at radius 3 is 2.26 bits per heavy atom. The quantitative estimate of drug-likeness (QED) is 0.590. The molecule has 0 unspecified atom stereocenters. The second-order valence-corrected chi connectivity index (χ2v) is 6.85. The lowest BCUT2D eigenvalue weighted by molar-refractivity contribution is 0.311. The molecule has 0 bridgehead atoms. The van der Waals surface area contributed by atoms with Gasteiger partial charge in [-0.2, -0.15) is 9.97 Å². The number of aliphatic hydroxyl groups is 1. The molecule has 0 spiro atoms. The molecule has 0 aliphatic heterocycles. The maximum Gasteiger partial charge on any atom is 0.229 e. The number of nitrogens with zero attached hydrogens (tertiary/aromatic N) is 3. The molecule has 2 aromatic rings. The fraction of sp³-hybridized carbons (Fsp3) is 0.500. The van der Waals surface area contributed by atoms with Gasteiger partial charge in [-0.1, -0.05) is 18.2 Å². The van der Waals surface area contributed by atoms with Gasteiger partial charge in [0, 0.05) is 36.8 Å². The van der Waals surface area contributed by atoms with Crippen molar-refractivity contribution in [1.29, 1.82) is 0 Å². The molecule has 0 saturated carbocycles. The molecule has 0 aliphatic carbocycles. The number of hydrogen-bond donors (Lipinski definition) is 3. The Labute approximate surface area is 161 Å². The summed E-state index contributed by atoms with van der Waals surface area (Å²) in [6.45, 7) is 9.56. The molecule has 2 rings (SSSR count). The largest absolute Gasteiger partial charge is 0.496 e. The van der Waals surface area contributed by atoms with Crippen molar-refractivity contribution in [2.24, 2.45) is 0 Å². The first-order valence-corrected chi connectivity index (χ1v) is 9.34. The fourth-order valence-corrected chi connectivity index (χ4v) is 3.01. The van der Waals surface area contributed by atoms with Gasteiger partial charge in [-0.05, 0) is 33.8 Å². The number of para-hydroxylation sites is 1. The molecule has 0 aliphatic rings. The topological polar surface area (TPSA) is 82.5 Å². The zero-order chi connectivity index (χ0) is 19.8. The molecule has 27 heavy (non-hydrogen) atoms. The van der Waals surface area contributed by atoms with Gasteiger partial charge in [0.15, 0.2) is 0 Å². The van der Waals surface area contributed by atoms with Crippen molar-refractivity contribution in [2.45, 2.75) is 46.3 Å². The van der Waals surface area contributed by atoms with Gasteiger partial charge in [-0.3, -0.25) is 0 Å². The molecule has 148 valence electrons. The van der Waals surface area contributed by atoms with E-state index in [0.717, 1.165) is 17.1 Å². The molecule has 1 heterocycles. The zero-order valence-corrected chi connectivity index (χ0v) is 16.9. The first kappa shape index (κ1) is 20.8. The van der Waals surface area contributed by atoms with E-state index in [1.54, 1.807) is 7.11 Å². The van der Waals surface area contributed by atoms with Crippen molar-refractivity contribution in [3.8, 4) is 5.75 Å². The molecule has 0 fully saturated rings. The van der Waals surface area contributed by atoms with E-state index in [1.165, 1.54) is 0 Å². The number of aliphatic hydroxyl groups excluding tert-OH is 1. The second-order valence-electron chi connectivity index (χ2n) is 6.85. The molecule has 3 N–H and O–H groups in total. The van der Waals surface area contributed by atoms with E-state index >= 15 is 0 Å². The smallest absolute Gasteiger partial charge is 0.229 e. The van der Waals surface area contributed by atoms with Gasteiger partial charge >= 0.3 is 0 Å². The van der Waals surface area contributed by atoms with Crippen LogP contribution in [0.2, 0.25) is 0 Å². The highest BCUT2D eigenvalue weighted by molar-refractivity contribution is 5.54. The van der Waals surface area contributed by atoms with Crippen LogP contribution in [0.5, 0.6) is 5.75 Å². The predicted molar refractivity (Wildman–Crippen MR) is 111 cm³/mol. The van der Waals surface area contributed by atoms with Crippen LogP contribution in [0.1, 0.15) is 33.3 Å². The van der Waals surface area contributed by atoms with Crippen LogP contribution >= 0.6 is 0 Å². The van der Waals surface area contributed by atoms with Crippen LogP contribution in [0.4, 0.5) is 17.6 Å². The zero-order valence-electron chi connectivity index (χ0n) is 16.9. The van der Waals surface area contributed by atoms with Crippen molar-refractivity contribution < 1.29 is 9.84 Å². The number of anilines is 3. The summed E-state index contributed by atoms with van der Waals surface area (Å²) < 4.78 is 5.41. The standard InChI is InChI=1S/C20H31N5O2/c1-14(2)25(15(3)4)20-23-18(21-10-11-26)12-19(24-20)22-13-16-8-6-7-9-17(16)27-5/h6-9,12,14-15,26H,10-11,13H2,1-5H3,(H2,21,22,23,24). The summed E-state index contributed by atoms with van der Waals surface area (Å²) in [5.74, 6) is 2.90. The van der Waals surface area contributed by atoms with E-state index in [-0.39, 0.29) is 18.7 Å². The Morgan fingerprint density at radius 2 is 1.67 bits per heavy atom. The van der Waals surface area contributed by atoms with Crippen LogP contribution in [0, 0.1) is 0 Å². The monoisotopic (exact) mass is 373 g/mol. The van der Waals surface area contributed by atoms with Gasteiger partial charge in [-0.15, -0.1) is 0 Å². The Kier molecular flexibility index (Phi) is 7.67. The van der Waals surface area contributed by atoms with Crippen LogP contribution in [0.25, 0.3) is 0 Å². The van der Waals surface area contributed by atoms with Gasteiger partial charge in [0.05, 0.1) is 13.7 Å². The van der Waals surface area contributed by atoms with Crippen molar-refractivity contribution in [3.05, 3.63) is 35.9 Å². The molecule has 1 aromatic heterocycles. The summed E-state index contributed by atoms with van der Waals surface area (Å²) in [6, 6.07) is 10.3. The Hall–Kier alpha value is -2.54. The minimum Gasteiger partial charge on any atom is -0.496 e. The Bertz CT molecular complexity index is 713. The van der Waals surface area contributed by atoms with Crippen LogP contribution < -0.4 is 20.3 Å². The first-order chi connectivity index (χ1) is 13.0. The molecular weight excluding hydrogens is 342 g/mol. The van der Waals surface area contributed by atoms with Gasteiger partial charge < -0.3 is 25.4 Å². The maximum atomic E-state index is 9.12. The third-order valence-electron chi connectivity index (χ3n) is 4.13. The summed E-state index contributed by atoms with van der Waals surface area (Å²) >= 11 is 0. The van der Waals surface area contributed by atoms with E-state index in [4.69, 9.17) is 14.8 Å². The van der Waals surface area contributed by atoms with Gasteiger partial charge in [0.25, 0.3) is 0 Å². The third-order valence-corrected chi connectivity index (χ3v) is 4.13. The molecule has 0 radical (unpaired) electrons. The minimum absolute atomic E-state index is 0.0430. The van der Waals surface area contributed by atoms with E-state index in [0.29, 0.717) is 24.9 Å². The van der Waals surface area contributed by atoms with Crippen LogP contribution in [-0.2, 0) is 6.54 Å². The SMILES string of the molecule is COc1ccccc1CNc1cc(NCCO)nc(N(C(C)C)C(C)C)n1. The molecule has 1 aromatic carbocycles. The molecule has 0 atom stereocenters. The van der Waals surface area contributed by atoms with Crippen LogP contribution in [0.3, 0.4) is 0 Å². The van der Waals surface area contributed by atoms with E-state index in [2.05, 4.69) is 48.2 Å². The van der Waals surface area contributed by atoms with Gasteiger partial charge in [-0.25, -0.2) is 0 Å². The maximum absolute atomic E-state index is 9.12. The number of nitrogens with one attached hydrogen (secondary N) is 2. The highest BCUT2D eigenvalue weighted by Gasteiger charge is 2.18. The number of ether oxygens (including phenoxy) is 1. The highest BCUT2D eigenvalue weighted by atomic mass is 16.5. The summed E-state index contributed by atoms with van der Waals surface area (Å²) in [6.07, 6.45) is 0.